The first-order chi connectivity index (χ1) is 8.56. The molecule has 2 aromatic carbocycles. The van der Waals surface area contributed by atoms with Crippen molar-refractivity contribution >= 4 is 39.1 Å². The van der Waals surface area contributed by atoms with Crippen molar-refractivity contribution in [3.05, 3.63) is 62.0 Å². The summed E-state index contributed by atoms with van der Waals surface area (Å²) in [6, 6.07) is 11.4. The largest absolute Gasteiger partial charge is 0.487 e. The fourth-order valence-corrected chi connectivity index (χ4v) is 2.42. The van der Waals surface area contributed by atoms with Crippen molar-refractivity contribution in [3.63, 3.8) is 0 Å². The molecule has 2 aromatic rings. The van der Waals surface area contributed by atoms with Crippen LogP contribution in [0.1, 0.15) is 11.1 Å². The summed E-state index contributed by atoms with van der Waals surface area (Å²) in [5.74, 6) is 0.677. The maximum absolute atomic E-state index is 6.12. The van der Waals surface area contributed by atoms with Crippen LogP contribution in [0.15, 0.2) is 40.9 Å². The number of halogens is 3. The lowest BCUT2D eigenvalue weighted by molar-refractivity contribution is 0.306. The smallest absolute Gasteiger partial charge is 0.138 e. The van der Waals surface area contributed by atoms with Crippen LogP contribution < -0.4 is 4.74 Å². The summed E-state index contributed by atoms with van der Waals surface area (Å²) in [6.45, 7) is 2.39. The van der Waals surface area contributed by atoms with E-state index in [4.69, 9.17) is 27.9 Å². The Morgan fingerprint density at radius 3 is 2.56 bits per heavy atom. The van der Waals surface area contributed by atoms with E-state index in [9.17, 15) is 0 Å². The second-order valence-corrected chi connectivity index (χ2v) is 5.69. The molecule has 0 aliphatic heterocycles. The molecule has 0 heterocycles. The lowest BCUT2D eigenvalue weighted by atomic mass is 10.2. The summed E-state index contributed by atoms with van der Waals surface area (Å²) >= 11 is 15.6. The van der Waals surface area contributed by atoms with Gasteiger partial charge in [-0.15, -0.1) is 0 Å². The van der Waals surface area contributed by atoms with Crippen molar-refractivity contribution in [2.75, 3.05) is 0 Å². The number of ether oxygens (including phenoxy) is 1. The van der Waals surface area contributed by atoms with Crippen LogP contribution in [0.4, 0.5) is 0 Å². The third kappa shape index (κ3) is 3.41. The fourth-order valence-electron chi connectivity index (χ4n) is 1.52. The molecule has 0 atom stereocenters. The van der Waals surface area contributed by atoms with Crippen molar-refractivity contribution in [1.29, 1.82) is 0 Å². The molecule has 1 nitrogen and oxygen atoms in total. The summed E-state index contributed by atoms with van der Waals surface area (Å²) in [5, 5.41) is 1.28. The fraction of sp³-hybridized carbons (Fsp3) is 0.143. The van der Waals surface area contributed by atoms with Crippen LogP contribution in [0.2, 0.25) is 10.0 Å². The van der Waals surface area contributed by atoms with E-state index in [1.807, 2.05) is 43.3 Å². The first-order valence-corrected chi connectivity index (χ1v) is 6.94. The van der Waals surface area contributed by atoms with E-state index in [0.29, 0.717) is 22.4 Å². The zero-order chi connectivity index (χ0) is 13.1. The first kappa shape index (κ1) is 13.7. The van der Waals surface area contributed by atoms with Gasteiger partial charge in [-0.25, -0.2) is 0 Å². The Balaban J connectivity index is 2.13. The van der Waals surface area contributed by atoms with Gasteiger partial charge >= 0.3 is 0 Å². The number of benzene rings is 2. The molecule has 0 aliphatic carbocycles. The van der Waals surface area contributed by atoms with Crippen LogP contribution in [-0.2, 0) is 6.61 Å². The number of hydrogen-bond acceptors (Lipinski definition) is 1. The summed E-state index contributed by atoms with van der Waals surface area (Å²) in [6.07, 6.45) is 0. The minimum atomic E-state index is 0.398. The molecule has 94 valence electrons. The zero-order valence-electron chi connectivity index (χ0n) is 9.71. The van der Waals surface area contributed by atoms with E-state index in [0.717, 1.165) is 15.6 Å². The Morgan fingerprint density at radius 2 is 1.83 bits per heavy atom. The third-order valence-electron chi connectivity index (χ3n) is 2.48. The zero-order valence-corrected chi connectivity index (χ0v) is 12.8. The molecule has 0 saturated heterocycles. The highest BCUT2D eigenvalue weighted by atomic mass is 79.9. The highest BCUT2D eigenvalue weighted by Gasteiger charge is 2.05. The SMILES string of the molecule is Cc1ccc(Cl)c(OCc2ccc(Br)cc2Cl)c1. The molecule has 0 fully saturated rings. The van der Waals surface area contributed by atoms with E-state index in [1.54, 1.807) is 0 Å². The third-order valence-corrected chi connectivity index (χ3v) is 3.64. The van der Waals surface area contributed by atoms with Gasteiger partial charge in [-0.2, -0.15) is 0 Å². The van der Waals surface area contributed by atoms with E-state index in [-0.39, 0.29) is 0 Å². The molecule has 4 heteroatoms. The standard InChI is InChI=1S/C14H11BrCl2O/c1-9-2-5-12(16)14(6-9)18-8-10-3-4-11(15)7-13(10)17/h2-7H,8H2,1H3. The van der Waals surface area contributed by atoms with Gasteiger partial charge in [0.2, 0.25) is 0 Å². The Labute approximate surface area is 125 Å². The van der Waals surface area contributed by atoms with E-state index < -0.39 is 0 Å². The van der Waals surface area contributed by atoms with E-state index in [1.165, 1.54) is 0 Å². The number of hydrogen-bond donors (Lipinski definition) is 0. The minimum Gasteiger partial charge on any atom is -0.487 e. The molecular weight excluding hydrogens is 335 g/mol. The van der Waals surface area contributed by atoms with Gasteiger partial charge in [0.25, 0.3) is 0 Å². The summed E-state index contributed by atoms with van der Waals surface area (Å²) in [7, 11) is 0. The normalized spacial score (nSPS) is 10.4. The molecule has 0 bridgehead atoms. The van der Waals surface area contributed by atoms with E-state index in [2.05, 4.69) is 15.9 Å². The molecule has 0 saturated carbocycles. The van der Waals surface area contributed by atoms with Crippen LogP contribution in [-0.4, -0.2) is 0 Å². The van der Waals surface area contributed by atoms with E-state index >= 15 is 0 Å². The summed E-state index contributed by atoms with van der Waals surface area (Å²) in [4.78, 5) is 0. The second kappa shape index (κ2) is 5.96. The van der Waals surface area contributed by atoms with Crippen LogP contribution in [0.5, 0.6) is 5.75 Å². The molecular formula is C14H11BrCl2O. The lowest BCUT2D eigenvalue weighted by Crippen LogP contribution is -1.97. The number of rotatable bonds is 3. The molecule has 0 unspecified atom stereocenters. The molecule has 0 aliphatic rings. The van der Waals surface area contributed by atoms with Crippen molar-refractivity contribution < 1.29 is 4.74 Å². The quantitative estimate of drug-likeness (QED) is 0.699. The van der Waals surface area contributed by atoms with Crippen LogP contribution in [0, 0.1) is 6.92 Å². The molecule has 0 spiro atoms. The minimum absolute atomic E-state index is 0.398. The van der Waals surface area contributed by atoms with Crippen LogP contribution >= 0.6 is 39.1 Å². The molecule has 2 rings (SSSR count). The topological polar surface area (TPSA) is 9.23 Å². The predicted molar refractivity (Wildman–Crippen MR) is 79.7 cm³/mol. The van der Waals surface area contributed by atoms with Crippen molar-refractivity contribution in [3.8, 4) is 5.75 Å². The molecule has 18 heavy (non-hydrogen) atoms. The number of aryl methyl sites for hydroxylation is 1. The molecule has 0 radical (unpaired) electrons. The molecule has 0 amide bonds. The second-order valence-electron chi connectivity index (χ2n) is 3.96. The van der Waals surface area contributed by atoms with Gasteiger partial charge < -0.3 is 4.74 Å². The Bertz CT molecular complexity index is 570. The van der Waals surface area contributed by atoms with Gasteiger partial charge in [0.05, 0.1) is 5.02 Å². The first-order valence-electron chi connectivity index (χ1n) is 5.39. The van der Waals surface area contributed by atoms with Crippen molar-refractivity contribution in [2.45, 2.75) is 13.5 Å². The Hall–Kier alpha value is -0.700. The predicted octanol–water partition coefficient (Wildman–Crippen LogP) is 5.64. The average Bonchev–Trinajstić information content (AvgIpc) is 2.32. The van der Waals surface area contributed by atoms with Crippen molar-refractivity contribution in [2.24, 2.45) is 0 Å². The molecule has 0 aromatic heterocycles. The van der Waals surface area contributed by atoms with Gasteiger partial charge in [0, 0.05) is 15.1 Å². The van der Waals surface area contributed by atoms with Gasteiger partial charge in [-0.3, -0.25) is 0 Å². The monoisotopic (exact) mass is 344 g/mol. The van der Waals surface area contributed by atoms with Gasteiger partial charge in [0.15, 0.2) is 0 Å². The maximum atomic E-state index is 6.12. The highest BCUT2D eigenvalue weighted by molar-refractivity contribution is 9.10. The highest BCUT2D eigenvalue weighted by Crippen LogP contribution is 2.28. The van der Waals surface area contributed by atoms with Crippen LogP contribution in [0.3, 0.4) is 0 Å². The lowest BCUT2D eigenvalue weighted by Gasteiger charge is -2.10. The average molecular weight is 346 g/mol. The Morgan fingerprint density at radius 1 is 1.06 bits per heavy atom. The van der Waals surface area contributed by atoms with Gasteiger partial charge in [-0.05, 0) is 36.8 Å². The Kier molecular flexibility index (Phi) is 4.55. The summed E-state index contributed by atoms with van der Waals surface area (Å²) in [5.41, 5.74) is 2.04. The summed E-state index contributed by atoms with van der Waals surface area (Å²) < 4.78 is 6.64. The maximum Gasteiger partial charge on any atom is 0.138 e. The van der Waals surface area contributed by atoms with Crippen molar-refractivity contribution in [1.82, 2.24) is 0 Å². The molecule has 0 N–H and O–H groups in total. The van der Waals surface area contributed by atoms with Gasteiger partial charge in [0.1, 0.15) is 12.4 Å². The van der Waals surface area contributed by atoms with Gasteiger partial charge in [-0.1, -0.05) is 51.3 Å². The van der Waals surface area contributed by atoms with Crippen LogP contribution in [0.25, 0.3) is 0 Å².